The number of benzene rings is 2. The summed E-state index contributed by atoms with van der Waals surface area (Å²) in [5, 5.41) is 3.43. The smallest absolute Gasteiger partial charge is 0.107 e. The van der Waals surface area contributed by atoms with Crippen LogP contribution in [0.4, 0.5) is 11.4 Å². The van der Waals surface area contributed by atoms with Gasteiger partial charge in [0.25, 0.3) is 0 Å². The van der Waals surface area contributed by atoms with E-state index in [4.69, 9.17) is 18.0 Å². The molecule has 104 valence electrons. The summed E-state index contributed by atoms with van der Waals surface area (Å²) in [6.07, 6.45) is 2.02. The molecule has 2 aromatic rings. The van der Waals surface area contributed by atoms with E-state index >= 15 is 0 Å². The Balaban J connectivity index is 2.48. The van der Waals surface area contributed by atoms with E-state index in [9.17, 15) is 0 Å². The van der Waals surface area contributed by atoms with Gasteiger partial charge in [-0.1, -0.05) is 40.3 Å². The highest BCUT2D eigenvalue weighted by Gasteiger charge is 2.11. The van der Waals surface area contributed by atoms with Crippen LogP contribution in [0.15, 0.2) is 45.8 Å². The molecule has 0 saturated heterocycles. The monoisotopic (exact) mass is 366 g/mol. The molecule has 3 N–H and O–H groups in total. The number of nitrogens with two attached hydrogens (primary N) is 1. The van der Waals surface area contributed by atoms with E-state index in [0.717, 1.165) is 31.9 Å². The summed E-state index contributed by atoms with van der Waals surface area (Å²) in [7, 11) is 0. The van der Waals surface area contributed by atoms with Gasteiger partial charge in [-0.15, -0.1) is 11.8 Å². The number of halogens is 1. The van der Waals surface area contributed by atoms with Crippen LogP contribution in [-0.4, -0.2) is 11.2 Å². The third-order valence-electron chi connectivity index (χ3n) is 2.96. The standard InChI is InChI=1S/C15H15BrN2S2/c1-9-6-7-10(16)8-12(9)18-11-4-3-5-13(20-2)14(11)15(17)19/h3-8,18H,1-2H3,(H2,17,19). The van der Waals surface area contributed by atoms with Gasteiger partial charge in [-0.25, -0.2) is 0 Å². The van der Waals surface area contributed by atoms with Crippen LogP contribution in [-0.2, 0) is 0 Å². The highest BCUT2D eigenvalue weighted by Crippen LogP contribution is 2.31. The third kappa shape index (κ3) is 3.34. The molecular formula is C15H15BrN2S2. The van der Waals surface area contributed by atoms with Gasteiger partial charge >= 0.3 is 0 Å². The Morgan fingerprint density at radius 1 is 1.25 bits per heavy atom. The Labute approximate surface area is 137 Å². The Kier molecular flexibility index (Phi) is 5.07. The van der Waals surface area contributed by atoms with Gasteiger partial charge in [0.2, 0.25) is 0 Å². The van der Waals surface area contributed by atoms with E-state index in [0.29, 0.717) is 4.99 Å². The first-order valence-corrected chi connectivity index (χ1v) is 8.45. The second-order valence-electron chi connectivity index (χ2n) is 4.33. The van der Waals surface area contributed by atoms with Crippen molar-refractivity contribution in [2.75, 3.05) is 11.6 Å². The number of thiocarbonyl (C=S) groups is 1. The van der Waals surface area contributed by atoms with Crippen molar-refractivity contribution in [3.8, 4) is 0 Å². The Morgan fingerprint density at radius 3 is 2.65 bits per heavy atom. The van der Waals surface area contributed by atoms with Gasteiger partial charge in [-0.05, 0) is 43.0 Å². The number of rotatable bonds is 4. The van der Waals surface area contributed by atoms with Crippen LogP contribution >= 0.6 is 39.9 Å². The number of nitrogens with one attached hydrogen (secondary N) is 1. The number of hydrogen-bond donors (Lipinski definition) is 2. The summed E-state index contributed by atoms with van der Waals surface area (Å²) in [5.41, 5.74) is 9.92. The van der Waals surface area contributed by atoms with Crippen molar-refractivity contribution in [2.45, 2.75) is 11.8 Å². The molecule has 0 heterocycles. The summed E-state index contributed by atoms with van der Waals surface area (Å²) < 4.78 is 1.03. The van der Waals surface area contributed by atoms with Crippen LogP contribution in [0.2, 0.25) is 0 Å². The van der Waals surface area contributed by atoms with Crippen LogP contribution < -0.4 is 11.1 Å². The van der Waals surface area contributed by atoms with Crippen molar-refractivity contribution in [3.63, 3.8) is 0 Å². The SMILES string of the molecule is CSc1cccc(Nc2cc(Br)ccc2C)c1C(N)=S. The van der Waals surface area contributed by atoms with Gasteiger partial charge in [-0.3, -0.25) is 0 Å². The topological polar surface area (TPSA) is 38.0 Å². The van der Waals surface area contributed by atoms with E-state index in [1.807, 2.05) is 36.6 Å². The van der Waals surface area contributed by atoms with Crippen LogP contribution in [0.5, 0.6) is 0 Å². The lowest BCUT2D eigenvalue weighted by Crippen LogP contribution is -2.13. The predicted molar refractivity (Wildman–Crippen MR) is 96.3 cm³/mol. The molecule has 0 atom stereocenters. The molecule has 0 aromatic heterocycles. The fourth-order valence-electron chi connectivity index (χ4n) is 1.93. The lowest BCUT2D eigenvalue weighted by Gasteiger charge is -2.16. The summed E-state index contributed by atoms with van der Waals surface area (Å²) in [6.45, 7) is 2.06. The molecule has 2 aromatic carbocycles. The molecule has 20 heavy (non-hydrogen) atoms. The fraction of sp³-hybridized carbons (Fsp3) is 0.133. The summed E-state index contributed by atoms with van der Waals surface area (Å²) in [6, 6.07) is 12.2. The van der Waals surface area contributed by atoms with Crippen molar-refractivity contribution in [2.24, 2.45) is 5.73 Å². The Morgan fingerprint density at radius 2 is 2.00 bits per heavy atom. The van der Waals surface area contributed by atoms with Gasteiger partial charge in [0, 0.05) is 26.3 Å². The first-order chi connectivity index (χ1) is 9.52. The van der Waals surface area contributed by atoms with Crippen molar-refractivity contribution in [1.82, 2.24) is 0 Å². The van der Waals surface area contributed by atoms with E-state index in [1.54, 1.807) is 11.8 Å². The van der Waals surface area contributed by atoms with Crippen molar-refractivity contribution in [1.29, 1.82) is 0 Å². The number of thioether (sulfide) groups is 1. The lowest BCUT2D eigenvalue weighted by atomic mass is 10.1. The van der Waals surface area contributed by atoms with Gasteiger partial charge in [0.1, 0.15) is 4.99 Å². The van der Waals surface area contributed by atoms with Crippen molar-refractivity contribution >= 4 is 56.3 Å². The molecule has 0 aliphatic rings. The molecule has 0 spiro atoms. The molecule has 0 aliphatic heterocycles. The van der Waals surface area contributed by atoms with E-state index in [-0.39, 0.29) is 0 Å². The zero-order valence-corrected chi connectivity index (χ0v) is 14.5. The average molecular weight is 367 g/mol. The number of hydrogen-bond acceptors (Lipinski definition) is 3. The minimum atomic E-state index is 0.407. The molecule has 0 fully saturated rings. The molecule has 0 unspecified atom stereocenters. The minimum Gasteiger partial charge on any atom is -0.389 e. The molecule has 0 bridgehead atoms. The Bertz CT molecular complexity index is 656. The van der Waals surface area contributed by atoms with Crippen molar-refractivity contribution in [3.05, 3.63) is 52.0 Å². The molecule has 2 nitrogen and oxygen atoms in total. The third-order valence-corrected chi connectivity index (χ3v) is 4.44. The van der Waals surface area contributed by atoms with Gasteiger partial charge < -0.3 is 11.1 Å². The first-order valence-electron chi connectivity index (χ1n) is 6.03. The maximum Gasteiger partial charge on any atom is 0.107 e. The van der Waals surface area contributed by atoms with Crippen LogP contribution in [0.3, 0.4) is 0 Å². The molecule has 0 aliphatic carbocycles. The van der Waals surface area contributed by atoms with Crippen molar-refractivity contribution < 1.29 is 0 Å². The minimum absolute atomic E-state index is 0.407. The quantitative estimate of drug-likeness (QED) is 0.598. The largest absolute Gasteiger partial charge is 0.389 e. The average Bonchev–Trinajstić information content (AvgIpc) is 2.42. The maximum absolute atomic E-state index is 5.88. The molecule has 0 amide bonds. The predicted octanol–water partition coefficient (Wildman–Crippen LogP) is 4.86. The van der Waals surface area contributed by atoms with Gasteiger partial charge in [-0.2, -0.15) is 0 Å². The zero-order valence-electron chi connectivity index (χ0n) is 11.2. The summed E-state index contributed by atoms with van der Waals surface area (Å²) >= 11 is 10.3. The second kappa shape index (κ2) is 6.61. The molecular weight excluding hydrogens is 352 g/mol. The normalized spacial score (nSPS) is 10.3. The van der Waals surface area contributed by atoms with E-state index in [1.165, 1.54) is 0 Å². The van der Waals surface area contributed by atoms with Gasteiger partial charge in [0.15, 0.2) is 0 Å². The number of anilines is 2. The summed E-state index contributed by atoms with van der Waals surface area (Å²) in [4.78, 5) is 1.49. The van der Waals surface area contributed by atoms with Crippen LogP contribution in [0.1, 0.15) is 11.1 Å². The maximum atomic E-state index is 5.88. The fourth-order valence-corrected chi connectivity index (χ4v) is 3.22. The van der Waals surface area contributed by atoms with Crippen LogP contribution in [0.25, 0.3) is 0 Å². The molecule has 0 radical (unpaired) electrons. The molecule has 5 heteroatoms. The number of aryl methyl sites for hydroxylation is 1. The molecule has 0 saturated carbocycles. The zero-order chi connectivity index (χ0) is 14.7. The summed E-state index contributed by atoms with van der Waals surface area (Å²) in [5.74, 6) is 0. The Hall–Kier alpha value is -1.04. The lowest BCUT2D eigenvalue weighted by molar-refractivity contribution is 1.37. The second-order valence-corrected chi connectivity index (χ2v) is 6.53. The van der Waals surface area contributed by atoms with E-state index in [2.05, 4.69) is 34.2 Å². The van der Waals surface area contributed by atoms with Gasteiger partial charge in [0.05, 0.1) is 0 Å². The highest BCUT2D eigenvalue weighted by atomic mass is 79.9. The highest BCUT2D eigenvalue weighted by molar-refractivity contribution is 9.10. The first kappa shape index (κ1) is 15.4. The van der Waals surface area contributed by atoms with E-state index < -0.39 is 0 Å². The molecule has 2 rings (SSSR count). The van der Waals surface area contributed by atoms with Crippen LogP contribution in [0, 0.1) is 6.92 Å².